The van der Waals surface area contributed by atoms with Crippen molar-refractivity contribution in [2.24, 2.45) is 0 Å². The van der Waals surface area contributed by atoms with Gasteiger partial charge in [0.1, 0.15) is 11.5 Å². The summed E-state index contributed by atoms with van der Waals surface area (Å²) in [4.78, 5) is 0. The van der Waals surface area contributed by atoms with Crippen molar-refractivity contribution in [1.82, 2.24) is 0 Å². The summed E-state index contributed by atoms with van der Waals surface area (Å²) in [6, 6.07) is 16.6. The van der Waals surface area contributed by atoms with E-state index >= 15 is 0 Å². The van der Waals surface area contributed by atoms with Gasteiger partial charge in [-0.15, -0.1) is 0 Å². The molecule has 2 aromatic carbocycles. The fourth-order valence-corrected chi connectivity index (χ4v) is 2.62. The van der Waals surface area contributed by atoms with Crippen LogP contribution in [0.4, 0.5) is 0 Å². The zero-order chi connectivity index (χ0) is 14.9. The Morgan fingerprint density at radius 1 is 1.05 bits per heavy atom. The quantitative estimate of drug-likeness (QED) is 0.823. The Morgan fingerprint density at radius 2 is 1.76 bits per heavy atom. The highest BCUT2D eigenvalue weighted by Crippen LogP contribution is 2.34. The number of para-hydroxylation sites is 1. The summed E-state index contributed by atoms with van der Waals surface area (Å²) in [7, 11) is 0. The molecule has 1 atom stereocenters. The second-order valence-corrected chi connectivity index (χ2v) is 6.63. The lowest BCUT2D eigenvalue weighted by Gasteiger charge is -2.19. The molecule has 2 heteroatoms. The summed E-state index contributed by atoms with van der Waals surface area (Å²) >= 11 is 0. The van der Waals surface area contributed by atoms with Crippen LogP contribution >= 0.6 is 0 Å². The minimum atomic E-state index is 0.177. The summed E-state index contributed by atoms with van der Waals surface area (Å²) in [6.07, 6.45) is 0. The molecule has 0 bridgehead atoms. The predicted molar refractivity (Wildman–Crippen MR) is 85.3 cm³/mol. The number of hydrogen-bond donors (Lipinski definition) is 0. The van der Waals surface area contributed by atoms with Gasteiger partial charge in [0.05, 0.1) is 19.1 Å². The van der Waals surface area contributed by atoms with Crippen molar-refractivity contribution in [3.05, 3.63) is 59.7 Å². The largest absolute Gasteiger partial charge is 0.493 e. The number of hydrogen-bond acceptors (Lipinski definition) is 2. The summed E-state index contributed by atoms with van der Waals surface area (Å²) in [5, 5.41) is 0. The van der Waals surface area contributed by atoms with Gasteiger partial charge in [0, 0.05) is 5.56 Å². The van der Waals surface area contributed by atoms with Crippen LogP contribution in [0, 0.1) is 0 Å². The van der Waals surface area contributed by atoms with Crippen molar-refractivity contribution in [1.29, 1.82) is 0 Å². The van der Waals surface area contributed by atoms with E-state index in [2.05, 4.69) is 57.2 Å². The fourth-order valence-electron chi connectivity index (χ4n) is 2.62. The molecule has 3 rings (SSSR count). The molecule has 2 aromatic rings. The molecular formula is C19H22O2. The van der Waals surface area contributed by atoms with Crippen LogP contribution in [-0.2, 0) is 5.41 Å². The SMILES string of the molecule is CC(C)(C)c1ccc(OCC2COc3ccccc32)cc1. The average molecular weight is 282 g/mol. The van der Waals surface area contributed by atoms with Gasteiger partial charge < -0.3 is 9.47 Å². The van der Waals surface area contributed by atoms with Gasteiger partial charge >= 0.3 is 0 Å². The van der Waals surface area contributed by atoms with Crippen LogP contribution in [0.3, 0.4) is 0 Å². The van der Waals surface area contributed by atoms with Crippen molar-refractivity contribution in [2.75, 3.05) is 13.2 Å². The van der Waals surface area contributed by atoms with Crippen molar-refractivity contribution in [3.8, 4) is 11.5 Å². The highest BCUT2D eigenvalue weighted by Gasteiger charge is 2.24. The lowest BCUT2D eigenvalue weighted by atomic mass is 9.87. The summed E-state index contributed by atoms with van der Waals surface area (Å²) in [5.74, 6) is 2.24. The van der Waals surface area contributed by atoms with E-state index in [0.29, 0.717) is 19.1 Å². The van der Waals surface area contributed by atoms with Crippen molar-refractivity contribution < 1.29 is 9.47 Å². The third-order valence-electron chi connectivity index (χ3n) is 3.97. The maximum absolute atomic E-state index is 5.93. The monoisotopic (exact) mass is 282 g/mol. The van der Waals surface area contributed by atoms with Crippen LogP contribution in [0.5, 0.6) is 11.5 Å². The summed E-state index contributed by atoms with van der Waals surface area (Å²) in [6.45, 7) is 8.02. The van der Waals surface area contributed by atoms with Gasteiger partial charge in [-0.25, -0.2) is 0 Å². The van der Waals surface area contributed by atoms with Crippen LogP contribution in [-0.4, -0.2) is 13.2 Å². The molecule has 0 amide bonds. The van der Waals surface area contributed by atoms with Crippen molar-refractivity contribution in [3.63, 3.8) is 0 Å². The molecule has 0 N–H and O–H groups in total. The Bertz CT molecular complexity index is 608. The van der Waals surface area contributed by atoms with Crippen LogP contribution < -0.4 is 9.47 Å². The smallest absolute Gasteiger partial charge is 0.123 e. The normalized spacial score (nSPS) is 17.2. The molecule has 0 fully saturated rings. The highest BCUT2D eigenvalue weighted by atomic mass is 16.5. The molecule has 1 aliphatic rings. The Hall–Kier alpha value is -1.96. The Labute approximate surface area is 126 Å². The molecule has 0 radical (unpaired) electrons. The van der Waals surface area contributed by atoms with Gasteiger partial charge in [-0.05, 0) is 29.2 Å². The molecule has 110 valence electrons. The Morgan fingerprint density at radius 3 is 2.48 bits per heavy atom. The topological polar surface area (TPSA) is 18.5 Å². The summed E-state index contributed by atoms with van der Waals surface area (Å²) < 4.78 is 11.6. The first-order chi connectivity index (χ1) is 10.0. The highest BCUT2D eigenvalue weighted by molar-refractivity contribution is 5.40. The Kier molecular flexibility index (Phi) is 3.62. The third-order valence-corrected chi connectivity index (χ3v) is 3.97. The van der Waals surface area contributed by atoms with Gasteiger partial charge in [0.25, 0.3) is 0 Å². The zero-order valence-electron chi connectivity index (χ0n) is 12.9. The minimum Gasteiger partial charge on any atom is -0.493 e. The zero-order valence-corrected chi connectivity index (χ0v) is 12.9. The van der Waals surface area contributed by atoms with Crippen LogP contribution in [0.15, 0.2) is 48.5 Å². The minimum absolute atomic E-state index is 0.177. The van der Waals surface area contributed by atoms with E-state index in [1.54, 1.807) is 0 Å². The van der Waals surface area contributed by atoms with E-state index < -0.39 is 0 Å². The first kappa shape index (κ1) is 14.0. The number of fused-ring (bicyclic) bond motifs is 1. The van der Waals surface area contributed by atoms with E-state index in [4.69, 9.17) is 9.47 Å². The van der Waals surface area contributed by atoms with Crippen LogP contribution in [0.1, 0.15) is 37.8 Å². The lowest BCUT2D eigenvalue weighted by molar-refractivity contribution is 0.248. The fraction of sp³-hybridized carbons (Fsp3) is 0.368. The molecule has 0 aliphatic carbocycles. The van der Waals surface area contributed by atoms with Crippen LogP contribution in [0.25, 0.3) is 0 Å². The molecule has 0 aromatic heterocycles. The molecule has 1 aliphatic heterocycles. The molecule has 0 saturated heterocycles. The van der Waals surface area contributed by atoms with E-state index in [9.17, 15) is 0 Å². The first-order valence-electron chi connectivity index (χ1n) is 7.49. The molecular weight excluding hydrogens is 260 g/mol. The van der Waals surface area contributed by atoms with Gasteiger partial charge in [-0.3, -0.25) is 0 Å². The number of ether oxygens (including phenoxy) is 2. The van der Waals surface area contributed by atoms with Crippen molar-refractivity contribution >= 4 is 0 Å². The number of benzene rings is 2. The van der Waals surface area contributed by atoms with E-state index in [0.717, 1.165) is 11.5 Å². The molecule has 0 spiro atoms. The third kappa shape index (κ3) is 3.05. The average Bonchev–Trinajstić information content (AvgIpc) is 2.88. The van der Waals surface area contributed by atoms with Gasteiger partial charge in [0.15, 0.2) is 0 Å². The first-order valence-corrected chi connectivity index (χ1v) is 7.49. The molecule has 21 heavy (non-hydrogen) atoms. The summed E-state index contributed by atoms with van der Waals surface area (Å²) in [5.41, 5.74) is 2.75. The lowest BCUT2D eigenvalue weighted by Crippen LogP contribution is -2.13. The standard InChI is InChI=1S/C19H22O2/c1-19(2,3)15-8-10-16(11-9-15)20-12-14-13-21-18-7-5-4-6-17(14)18/h4-11,14H,12-13H2,1-3H3. The molecule has 1 unspecified atom stereocenters. The molecule has 1 heterocycles. The van der Waals surface area contributed by atoms with Gasteiger partial charge in [-0.2, -0.15) is 0 Å². The predicted octanol–water partition coefficient (Wildman–Crippen LogP) is 4.54. The van der Waals surface area contributed by atoms with Gasteiger partial charge in [0.2, 0.25) is 0 Å². The van der Waals surface area contributed by atoms with E-state index in [-0.39, 0.29) is 5.41 Å². The molecule has 0 saturated carbocycles. The second kappa shape index (κ2) is 5.44. The van der Waals surface area contributed by atoms with Crippen LogP contribution in [0.2, 0.25) is 0 Å². The van der Waals surface area contributed by atoms with E-state index in [1.807, 2.05) is 12.1 Å². The molecule has 2 nitrogen and oxygen atoms in total. The Balaban J connectivity index is 1.64. The second-order valence-electron chi connectivity index (χ2n) is 6.63. The number of rotatable bonds is 3. The van der Waals surface area contributed by atoms with Crippen molar-refractivity contribution in [2.45, 2.75) is 32.1 Å². The van der Waals surface area contributed by atoms with Gasteiger partial charge in [-0.1, -0.05) is 51.1 Å². The maximum Gasteiger partial charge on any atom is 0.123 e. The maximum atomic E-state index is 5.93. The van der Waals surface area contributed by atoms with E-state index in [1.165, 1.54) is 11.1 Å².